The standard InChI is InChI=1S/C10H8BrN3O2/c1-6-7(3-2-4-8(6)11)5-9(10(15)16)13-14-12/h2-5H,1H3,(H,15,16). The van der Waals surface area contributed by atoms with Gasteiger partial charge in [-0.25, -0.2) is 4.79 Å². The van der Waals surface area contributed by atoms with Crippen molar-refractivity contribution in [3.63, 3.8) is 0 Å². The summed E-state index contributed by atoms with van der Waals surface area (Å²) in [7, 11) is 0. The summed E-state index contributed by atoms with van der Waals surface area (Å²) in [6.45, 7) is 1.84. The molecule has 0 fully saturated rings. The Hall–Kier alpha value is -1.78. The Morgan fingerprint density at radius 1 is 1.62 bits per heavy atom. The maximum atomic E-state index is 10.7. The second kappa shape index (κ2) is 5.34. The van der Waals surface area contributed by atoms with Gasteiger partial charge >= 0.3 is 5.97 Å². The van der Waals surface area contributed by atoms with Crippen molar-refractivity contribution in [2.75, 3.05) is 0 Å². The molecule has 0 aliphatic carbocycles. The number of benzene rings is 1. The lowest BCUT2D eigenvalue weighted by Gasteiger charge is -2.03. The van der Waals surface area contributed by atoms with Crippen LogP contribution in [0.5, 0.6) is 0 Å². The molecule has 16 heavy (non-hydrogen) atoms. The zero-order chi connectivity index (χ0) is 12.1. The molecule has 0 radical (unpaired) electrons. The monoisotopic (exact) mass is 281 g/mol. The van der Waals surface area contributed by atoms with Crippen LogP contribution in [0.25, 0.3) is 16.5 Å². The molecule has 0 aliphatic rings. The van der Waals surface area contributed by atoms with Gasteiger partial charge in [-0.05, 0) is 35.7 Å². The second-order valence-corrected chi connectivity index (χ2v) is 3.83. The molecule has 0 aromatic heterocycles. The first-order valence-corrected chi connectivity index (χ1v) is 5.10. The highest BCUT2D eigenvalue weighted by atomic mass is 79.9. The fourth-order valence-electron chi connectivity index (χ4n) is 1.11. The lowest BCUT2D eigenvalue weighted by Crippen LogP contribution is -1.97. The van der Waals surface area contributed by atoms with Crippen LogP contribution in [0.4, 0.5) is 0 Å². The molecule has 0 saturated heterocycles. The average Bonchev–Trinajstić information content (AvgIpc) is 2.23. The molecule has 1 N–H and O–H groups in total. The van der Waals surface area contributed by atoms with E-state index in [0.717, 1.165) is 10.0 Å². The van der Waals surface area contributed by atoms with Crippen molar-refractivity contribution in [3.8, 4) is 0 Å². The summed E-state index contributed by atoms with van der Waals surface area (Å²) in [5.41, 5.74) is 9.48. The number of aliphatic carboxylic acids is 1. The molecule has 6 heteroatoms. The zero-order valence-electron chi connectivity index (χ0n) is 8.38. The molecule has 5 nitrogen and oxygen atoms in total. The lowest BCUT2D eigenvalue weighted by molar-refractivity contribution is -0.132. The topological polar surface area (TPSA) is 86.1 Å². The first-order valence-electron chi connectivity index (χ1n) is 4.31. The van der Waals surface area contributed by atoms with Gasteiger partial charge in [-0.15, -0.1) is 0 Å². The predicted molar refractivity (Wildman–Crippen MR) is 63.6 cm³/mol. The Balaban J connectivity index is 3.28. The Kier molecular flexibility index (Phi) is 4.10. The number of rotatable bonds is 3. The van der Waals surface area contributed by atoms with Crippen molar-refractivity contribution in [2.45, 2.75) is 6.92 Å². The fraction of sp³-hybridized carbons (Fsp3) is 0.100. The van der Waals surface area contributed by atoms with Crippen molar-refractivity contribution in [1.82, 2.24) is 0 Å². The van der Waals surface area contributed by atoms with Crippen LogP contribution in [0.1, 0.15) is 11.1 Å². The van der Waals surface area contributed by atoms with Crippen molar-refractivity contribution >= 4 is 28.0 Å². The first kappa shape index (κ1) is 12.3. The third-order valence-electron chi connectivity index (χ3n) is 1.97. The summed E-state index contributed by atoms with van der Waals surface area (Å²) in [4.78, 5) is 13.2. The molecule has 0 unspecified atom stereocenters. The minimum atomic E-state index is -1.25. The number of carboxylic acid groups (broad SMARTS) is 1. The van der Waals surface area contributed by atoms with E-state index in [-0.39, 0.29) is 5.70 Å². The third kappa shape index (κ3) is 2.85. The highest BCUT2D eigenvalue weighted by molar-refractivity contribution is 9.10. The van der Waals surface area contributed by atoms with Crippen molar-refractivity contribution in [3.05, 3.63) is 49.9 Å². The Morgan fingerprint density at radius 3 is 2.88 bits per heavy atom. The van der Waals surface area contributed by atoms with E-state index in [1.165, 1.54) is 6.08 Å². The molecule has 0 aliphatic heterocycles. The van der Waals surface area contributed by atoms with E-state index in [4.69, 9.17) is 10.6 Å². The van der Waals surface area contributed by atoms with Gasteiger partial charge in [-0.3, -0.25) is 0 Å². The van der Waals surface area contributed by atoms with Crippen LogP contribution < -0.4 is 0 Å². The van der Waals surface area contributed by atoms with E-state index in [1.807, 2.05) is 13.0 Å². The minimum absolute atomic E-state index is 0.330. The van der Waals surface area contributed by atoms with Gasteiger partial charge < -0.3 is 5.11 Å². The quantitative estimate of drug-likeness (QED) is 0.398. The summed E-state index contributed by atoms with van der Waals surface area (Å²) >= 11 is 3.33. The van der Waals surface area contributed by atoms with Gasteiger partial charge in [0, 0.05) is 9.38 Å². The molecular formula is C10H8BrN3O2. The summed E-state index contributed by atoms with van der Waals surface area (Å²) in [6.07, 6.45) is 1.34. The first-order chi connectivity index (χ1) is 7.56. The van der Waals surface area contributed by atoms with Gasteiger partial charge in [0.25, 0.3) is 0 Å². The molecule has 1 aromatic carbocycles. The third-order valence-corrected chi connectivity index (χ3v) is 2.83. The van der Waals surface area contributed by atoms with Crippen molar-refractivity contribution < 1.29 is 9.90 Å². The largest absolute Gasteiger partial charge is 0.478 e. The molecule has 0 spiro atoms. The number of halogens is 1. The number of carboxylic acids is 1. The number of azide groups is 1. The van der Waals surface area contributed by atoms with E-state index in [0.29, 0.717) is 5.56 Å². The number of hydrogen-bond acceptors (Lipinski definition) is 2. The molecule has 0 amide bonds. The second-order valence-electron chi connectivity index (χ2n) is 2.98. The lowest BCUT2D eigenvalue weighted by atomic mass is 10.1. The molecule has 0 saturated carbocycles. The van der Waals surface area contributed by atoms with Gasteiger partial charge in [0.2, 0.25) is 0 Å². The smallest absolute Gasteiger partial charge is 0.338 e. The molecule has 0 heterocycles. The summed E-state index contributed by atoms with van der Waals surface area (Å²) in [5, 5.41) is 11.9. The highest BCUT2D eigenvalue weighted by Gasteiger charge is 2.06. The summed E-state index contributed by atoms with van der Waals surface area (Å²) < 4.78 is 0.868. The summed E-state index contributed by atoms with van der Waals surface area (Å²) in [5.74, 6) is -1.25. The maximum Gasteiger partial charge on any atom is 0.338 e. The van der Waals surface area contributed by atoms with Crippen molar-refractivity contribution in [2.24, 2.45) is 5.11 Å². The SMILES string of the molecule is Cc1c(Br)cccc1C=C(N=[N+]=[N-])C(=O)O. The van der Waals surface area contributed by atoms with Crippen LogP contribution in [0.3, 0.4) is 0 Å². The maximum absolute atomic E-state index is 10.7. The van der Waals surface area contributed by atoms with Crippen LogP contribution in [-0.2, 0) is 4.79 Å². The Labute approximate surface area is 100 Å². The van der Waals surface area contributed by atoms with Crippen LogP contribution >= 0.6 is 15.9 Å². The molecule has 0 bridgehead atoms. The van der Waals surface area contributed by atoms with E-state index in [1.54, 1.807) is 12.1 Å². The molecule has 1 aromatic rings. The number of nitrogens with zero attached hydrogens (tertiary/aromatic N) is 3. The van der Waals surface area contributed by atoms with Crippen LogP contribution in [0.2, 0.25) is 0 Å². The van der Waals surface area contributed by atoms with Crippen molar-refractivity contribution in [1.29, 1.82) is 0 Å². The van der Waals surface area contributed by atoms with Gasteiger partial charge in [0.1, 0.15) is 5.70 Å². The Morgan fingerprint density at radius 2 is 2.31 bits per heavy atom. The van der Waals surface area contributed by atoms with Gasteiger partial charge in [-0.2, -0.15) is 0 Å². The van der Waals surface area contributed by atoms with Gasteiger partial charge in [-0.1, -0.05) is 33.2 Å². The van der Waals surface area contributed by atoms with Crippen LogP contribution in [-0.4, -0.2) is 11.1 Å². The molecular weight excluding hydrogens is 274 g/mol. The Bertz CT molecular complexity index is 501. The van der Waals surface area contributed by atoms with Gasteiger partial charge in [0.15, 0.2) is 0 Å². The fourth-order valence-corrected chi connectivity index (χ4v) is 1.49. The van der Waals surface area contributed by atoms with Gasteiger partial charge in [0.05, 0.1) is 0 Å². The zero-order valence-corrected chi connectivity index (χ0v) is 9.97. The number of hydrogen-bond donors (Lipinski definition) is 1. The average molecular weight is 282 g/mol. The normalized spacial score (nSPS) is 10.8. The minimum Gasteiger partial charge on any atom is -0.478 e. The summed E-state index contributed by atoms with van der Waals surface area (Å²) in [6, 6.07) is 5.37. The molecule has 1 rings (SSSR count). The van der Waals surface area contributed by atoms with E-state index in [2.05, 4.69) is 26.0 Å². The molecule has 0 atom stereocenters. The van der Waals surface area contributed by atoms with E-state index in [9.17, 15) is 4.79 Å². The van der Waals surface area contributed by atoms with E-state index < -0.39 is 5.97 Å². The number of carbonyl (C=O) groups is 1. The van der Waals surface area contributed by atoms with Crippen LogP contribution in [0.15, 0.2) is 33.5 Å². The predicted octanol–water partition coefficient (Wildman–Crippen LogP) is 3.49. The molecule has 82 valence electrons. The van der Waals surface area contributed by atoms with E-state index >= 15 is 0 Å². The highest BCUT2D eigenvalue weighted by Crippen LogP contribution is 2.21. The van der Waals surface area contributed by atoms with Crippen LogP contribution in [0, 0.1) is 6.92 Å².